The molecular weight excluding hydrogens is 437 g/mol. The van der Waals surface area contributed by atoms with E-state index < -0.39 is 0 Å². The molecule has 1 aromatic rings. The number of aryl methyl sites for hydroxylation is 1. The van der Waals surface area contributed by atoms with Crippen LogP contribution in [0.4, 0.5) is 0 Å². The molecule has 4 nitrogen and oxygen atoms in total. The molecule has 0 radical (unpaired) electrons. The van der Waals surface area contributed by atoms with E-state index >= 15 is 0 Å². The Balaban J connectivity index is 0.00000196. The minimum atomic E-state index is 0. The van der Waals surface area contributed by atoms with Gasteiger partial charge in [0.2, 0.25) is 0 Å². The molecule has 0 aromatic heterocycles. The summed E-state index contributed by atoms with van der Waals surface area (Å²) in [6, 6.07) is 11.2. The predicted molar refractivity (Wildman–Crippen MR) is 117 cm³/mol. The maximum Gasteiger partial charge on any atom is 0.191 e. The molecule has 144 valence electrons. The second kappa shape index (κ2) is 8.91. The molecule has 1 aliphatic heterocycles. The summed E-state index contributed by atoms with van der Waals surface area (Å²) >= 11 is 0. The molecule has 1 aromatic carbocycles. The highest BCUT2D eigenvalue weighted by Gasteiger charge is 2.65. The third kappa shape index (κ3) is 3.75. The van der Waals surface area contributed by atoms with Crippen molar-refractivity contribution in [1.82, 2.24) is 10.6 Å². The van der Waals surface area contributed by atoms with Gasteiger partial charge in [-0.2, -0.15) is 0 Å². The summed E-state index contributed by atoms with van der Waals surface area (Å²) < 4.78 is 6.08. The second-order valence-corrected chi connectivity index (χ2v) is 7.89. The van der Waals surface area contributed by atoms with E-state index in [4.69, 9.17) is 4.74 Å². The Bertz CT molecular complexity index is 601. The van der Waals surface area contributed by atoms with Crippen LogP contribution in [0.2, 0.25) is 0 Å². The average molecular weight is 469 g/mol. The molecule has 1 heterocycles. The van der Waals surface area contributed by atoms with Gasteiger partial charge in [0.25, 0.3) is 0 Å². The normalized spacial score (nSPS) is 29.0. The van der Waals surface area contributed by atoms with Crippen molar-refractivity contribution in [3.8, 4) is 0 Å². The van der Waals surface area contributed by atoms with Crippen LogP contribution in [-0.2, 0) is 11.2 Å². The van der Waals surface area contributed by atoms with Gasteiger partial charge >= 0.3 is 0 Å². The first-order valence-corrected chi connectivity index (χ1v) is 9.96. The fraction of sp³-hybridized carbons (Fsp3) is 0.667. The van der Waals surface area contributed by atoms with E-state index in [9.17, 15) is 0 Å². The minimum absolute atomic E-state index is 0. The first-order chi connectivity index (χ1) is 12.3. The SMILES string of the molecule is CN=C(NCCCc1ccccc1)NC1C2CCOC2C12CCCC2.I. The van der Waals surface area contributed by atoms with Crippen molar-refractivity contribution in [2.75, 3.05) is 20.2 Å². The molecule has 5 heteroatoms. The molecule has 2 aliphatic carbocycles. The zero-order chi connectivity index (χ0) is 17.1. The van der Waals surface area contributed by atoms with E-state index in [0.29, 0.717) is 23.5 Å². The van der Waals surface area contributed by atoms with Crippen LogP contribution in [0.1, 0.15) is 44.1 Å². The quantitative estimate of drug-likeness (QED) is 0.299. The van der Waals surface area contributed by atoms with Gasteiger partial charge in [0.15, 0.2) is 5.96 Å². The van der Waals surface area contributed by atoms with Crippen molar-refractivity contribution in [1.29, 1.82) is 0 Å². The fourth-order valence-electron chi connectivity index (χ4n) is 5.39. The van der Waals surface area contributed by atoms with Gasteiger partial charge < -0.3 is 15.4 Å². The van der Waals surface area contributed by atoms with Crippen LogP contribution in [-0.4, -0.2) is 38.3 Å². The summed E-state index contributed by atoms with van der Waals surface area (Å²) in [4.78, 5) is 4.48. The molecule has 3 fully saturated rings. The van der Waals surface area contributed by atoms with Gasteiger partial charge in [0, 0.05) is 37.6 Å². The highest BCUT2D eigenvalue weighted by Crippen LogP contribution is 2.60. The van der Waals surface area contributed by atoms with Crippen LogP contribution in [0.15, 0.2) is 35.3 Å². The average Bonchev–Trinajstić information content (AvgIpc) is 3.31. The Morgan fingerprint density at radius 3 is 2.73 bits per heavy atom. The Morgan fingerprint density at radius 1 is 1.23 bits per heavy atom. The summed E-state index contributed by atoms with van der Waals surface area (Å²) in [6.45, 7) is 1.90. The third-order valence-corrected chi connectivity index (χ3v) is 6.58. The maximum atomic E-state index is 6.08. The van der Waals surface area contributed by atoms with E-state index in [1.54, 1.807) is 0 Å². The maximum absolute atomic E-state index is 6.08. The first kappa shape index (κ1) is 19.9. The van der Waals surface area contributed by atoms with Gasteiger partial charge in [-0.25, -0.2) is 0 Å². The van der Waals surface area contributed by atoms with Gasteiger partial charge in [-0.05, 0) is 37.7 Å². The van der Waals surface area contributed by atoms with Crippen molar-refractivity contribution in [2.24, 2.45) is 16.3 Å². The largest absolute Gasteiger partial charge is 0.377 e. The van der Waals surface area contributed by atoms with Crippen LogP contribution in [0.3, 0.4) is 0 Å². The smallest absolute Gasteiger partial charge is 0.191 e. The van der Waals surface area contributed by atoms with Crippen molar-refractivity contribution in [3.05, 3.63) is 35.9 Å². The molecule has 1 spiro atoms. The van der Waals surface area contributed by atoms with Gasteiger partial charge in [-0.3, -0.25) is 4.99 Å². The number of fused-ring (bicyclic) bond motifs is 2. The number of hydrogen-bond donors (Lipinski definition) is 2. The van der Waals surface area contributed by atoms with Crippen LogP contribution >= 0.6 is 24.0 Å². The lowest BCUT2D eigenvalue weighted by atomic mass is 9.54. The van der Waals surface area contributed by atoms with E-state index in [1.807, 2.05) is 7.05 Å². The van der Waals surface area contributed by atoms with Gasteiger partial charge in [-0.1, -0.05) is 43.2 Å². The van der Waals surface area contributed by atoms with E-state index in [1.165, 1.54) is 37.7 Å². The summed E-state index contributed by atoms with van der Waals surface area (Å²) in [7, 11) is 1.88. The van der Waals surface area contributed by atoms with Crippen molar-refractivity contribution in [3.63, 3.8) is 0 Å². The van der Waals surface area contributed by atoms with Crippen molar-refractivity contribution >= 4 is 29.9 Å². The van der Waals surface area contributed by atoms with E-state index in [0.717, 1.165) is 32.0 Å². The van der Waals surface area contributed by atoms with Crippen molar-refractivity contribution in [2.45, 2.75) is 57.1 Å². The molecule has 2 saturated carbocycles. The number of rotatable bonds is 5. The van der Waals surface area contributed by atoms with Gasteiger partial charge in [0.1, 0.15) is 0 Å². The fourth-order valence-corrected chi connectivity index (χ4v) is 5.39. The molecule has 2 N–H and O–H groups in total. The number of hydrogen-bond acceptors (Lipinski definition) is 2. The Kier molecular flexibility index (Phi) is 6.83. The van der Waals surface area contributed by atoms with Crippen LogP contribution in [0, 0.1) is 11.3 Å². The number of benzene rings is 1. The lowest BCUT2D eigenvalue weighted by Gasteiger charge is -2.57. The molecule has 0 amide bonds. The lowest BCUT2D eigenvalue weighted by molar-refractivity contribution is -0.125. The zero-order valence-electron chi connectivity index (χ0n) is 15.7. The third-order valence-electron chi connectivity index (χ3n) is 6.58. The Labute approximate surface area is 174 Å². The monoisotopic (exact) mass is 469 g/mol. The number of halogens is 1. The Hall–Kier alpha value is -0.820. The zero-order valence-corrected chi connectivity index (χ0v) is 18.1. The standard InChI is InChI=1S/C21H31N3O.HI/c1-22-20(23-14-7-10-16-8-3-2-4-9-16)24-18-17-11-15-25-19(17)21(18)12-5-6-13-21;/h2-4,8-9,17-19H,5-7,10-15H2,1H3,(H2,22,23,24);1H. The molecular formula is C21H32IN3O. The molecule has 1 saturated heterocycles. The second-order valence-electron chi connectivity index (χ2n) is 7.89. The molecule has 26 heavy (non-hydrogen) atoms. The summed E-state index contributed by atoms with van der Waals surface area (Å²) in [6.07, 6.45) is 9.28. The number of nitrogens with one attached hydrogen (secondary N) is 2. The lowest BCUT2D eigenvalue weighted by Crippen LogP contribution is -2.69. The van der Waals surface area contributed by atoms with Gasteiger partial charge in [-0.15, -0.1) is 24.0 Å². The summed E-state index contributed by atoms with van der Waals surface area (Å²) in [5, 5.41) is 7.29. The number of aliphatic imine (C=N–C) groups is 1. The van der Waals surface area contributed by atoms with Gasteiger partial charge in [0.05, 0.1) is 6.10 Å². The summed E-state index contributed by atoms with van der Waals surface area (Å²) in [5.41, 5.74) is 1.78. The molecule has 3 atom stereocenters. The highest BCUT2D eigenvalue weighted by molar-refractivity contribution is 14.0. The van der Waals surface area contributed by atoms with Crippen molar-refractivity contribution < 1.29 is 4.74 Å². The van der Waals surface area contributed by atoms with Crippen LogP contribution in [0.5, 0.6) is 0 Å². The molecule has 3 aliphatic rings. The van der Waals surface area contributed by atoms with E-state index in [2.05, 4.69) is 46.0 Å². The number of ether oxygens (including phenoxy) is 1. The summed E-state index contributed by atoms with van der Waals surface area (Å²) in [5.74, 6) is 1.65. The van der Waals surface area contributed by atoms with E-state index in [-0.39, 0.29) is 24.0 Å². The highest BCUT2D eigenvalue weighted by atomic mass is 127. The van der Waals surface area contributed by atoms with Crippen LogP contribution < -0.4 is 10.6 Å². The number of guanidine groups is 1. The molecule has 4 rings (SSSR count). The topological polar surface area (TPSA) is 45.7 Å². The minimum Gasteiger partial charge on any atom is -0.377 e. The first-order valence-electron chi connectivity index (χ1n) is 9.96. The van der Waals surface area contributed by atoms with Crippen LogP contribution in [0.25, 0.3) is 0 Å². The molecule has 0 bridgehead atoms. The predicted octanol–water partition coefficient (Wildman–Crippen LogP) is 3.75. The molecule has 3 unspecified atom stereocenters. The Morgan fingerprint density at radius 2 is 2.00 bits per heavy atom. The number of nitrogens with zero attached hydrogens (tertiary/aromatic N) is 1.